The molecule has 4 rings (SSSR count). The highest BCUT2D eigenvalue weighted by molar-refractivity contribution is 5.34. The first kappa shape index (κ1) is 14.5. The van der Waals surface area contributed by atoms with E-state index in [1.165, 1.54) is 5.57 Å². The van der Waals surface area contributed by atoms with E-state index in [0.717, 1.165) is 25.7 Å². The standard InChI is InChI=1S/C19H27NO2/c1-18-7-5-12(21)9-11(18)3-4-13-14(18)6-8-19(2)15(13)10-16(22)17(19)20/h3,5,7,10,12-15,17,21-22H,4,6,8-9,20H2,1-2H3/t12?,13-,14-,15+,17?,18+,19+/m1/s1. The molecule has 0 aromatic rings. The molecule has 2 unspecified atom stereocenters. The van der Waals surface area contributed by atoms with Gasteiger partial charge in [0, 0.05) is 5.41 Å². The Morgan fingerprint density at radius 2 is 2.09 bits per heavy atom. The van der Waals surface area contributed by atoms with Gasteiger partial charge in [0.1, 0.15) is 5.76 Å². The first-order chi connectivity index (χ1) is 10.4. The van der Waals surface area contributed by atoms with Gasteiger partial charge in [0.2, 0.25) is 0 Å². The molecule has 0 saturated heterocycles. The summed E-state index contributed by atoms with van der Waals surface area (Å²) >= 11 is 0. The Kier molecular flexibility index (Phi) is 2.96. The van der Waals surface area contributed by atoms with E-state index < -0.39 is 0 Å². The summed E-state index contributed by atoms with van der Waals surface area (Å²) in [5, 5.41) is 20.1. The molecule has 0 aromatic carbocycles. The molecule has 0 heterocycles. The van der Waals surface area contributed by atoms with Crippen LogP contribution >= 0.6 is 0 Å². The van der Waals surface area contributed by atoms with Crippen molar-refractivity contribution in [1.29, 1.82) is 0 Å². The summed E-state index contributed by atoms with van der Waals surface area (Å²) in [5.41, 5.74) is 7.77. The predicted octanol–water partition coefficient (Wildman–Crippen LogP) is 3.08. The van der Waals surface area contributed by atoms with Crippen molar-refractivity contribution in [2.45, 2.75) is 51.7 Å². The molecule has 0 aromatic heterocycles. The molecule has 4 N–H and O–H groups in total. The topological polar surface area (TPSA) is 66.5 Å². The molecule has 0 spiro atoms. The van der Waals surface area contributed by atoms with Crippen LogP contribution in [-0.2, 0) is 0 Å². The summed E-state index contributed by atoms with van der Waals surface area (Å²) in [4.78, 5) is 0. The van der Waals surface area contributed by atoms with Crippen LogP contribution in [0.4, 0.5) is 0 Å². The Morgan fingerprint density at radius 1 is 1.32 bits per heavy atom. The SMILES string of the molecule is C[C@]12C=CC(O)CC1=CC[C@@H]1[C@H]2CC[C@]2(C)C(N)C(O)=C[C@@H]12. The minimum Gasteiger partial charge on any atom is -0.511 e. The van der Waals surface area contributed by atoms with E-state index in [-0.39, 0.29) is 23.0 Å². The van der Waals surface area contributed by atoms with Crippen molar-refractivity contribution in [3.8, 4) is 0 Å². The van der Waals surface area contributed by atoms with Crippen LogP contribution in [0.3, 0.4) is 0 Å². The highest BCUT2D eigenvalue weighted by Gasteiger charge is 2.57. The van der Waals surface area contributed by atoms with Crippen LogP contribution in [-0.4, -0.2) is 22.4 Å². The summed E-state index contributed by atoms with van der Waals surface area (Å²) in [5.74, 6) is 1.89. The molecule has 4 aliphatic carbocycles. The molecule has 0 bridgehead atoms. The van der Waals surface area contributed by atoms with Crippen molar-refractivity contribution in [1.82, 2.24) is 0 Å². The van der Waals surface area contributed by atoms with Gasteiger partial charge >= 0.3 is 0 Å². The molecule has 1 saturated carbocycles. The second-order valence-corrected chi connectivity index (χ2v) is 8.29. The summed E-state index contributed by atoms with van der Waals surface area (Å²) in [6.07, 6.45) is 12.3. The highest BCUT2D eigenvalue weighted by Crippen LogP contribution is 2.62. The van der Waals surface area contributed by atoms with E-state index >= 15 is 0 Å². The third-order valence-corrected chi connectivity index (χ3v) is 7.31. The summed E-state index contributed by atoms with van der Waals surface area (Å²) in [6, 6.07) is -0.208. The summed E-state index contributed by atoms with van der Waals surface area (Å²) < 4.78 is 0. The number of aliphatic hydroxyl groups is 2. The largest absolute Gasteiger partial charge is 0.511 e. The summed E-state index contributed by atoms with van der Waals surface area (Å²) in [6.45, 7) is 4.58. The second kappa shape index (κ2) is 4.48. The molecule has 3 heteroatoms. The minimum absolute atomic E-state index is 0.00481. The summed E-state index contributed by atoms with van der Waals surface area (Å²) in [7, 11) is 0. The Labute approximate surface area is 132 Å². The number of nitrogens with two attached hydrogens (primary N) is 1. The number of hydrogen-bond acceptors (Lipinski definition) is 3. The van der Waals surface area contributed by atoms with Crippen LogP contribution in [0.5, 0.6) is 0 Å². The zero-order valence-electron chi connectivity index (χ0n) is 13.5. The molecular formula is C19H27NO2. The van der Waals surface area contributed by atoms with E-state index in [9.17, 15) is 10.2 Å². The van der Waals surface area contributed by atoms with Crippen LogP contribution in [0.25, 0.3) is 0 Å². The van der Waals surface area contributed by atoms with E-state index in [1.807, 2.05) is 12.2 Å². The van der Waals surface area contributed by atoms with Crippen LogP contribution in [0, 0.1) is 28.6 Å². The molecular weight excluding hydrogens is 274 g/mol. The first-order valence-electron chi connectivity index (χ1n) is 8.59. The molecule has 0 aliphatic heterocycles. The lowest BCUT2D eigenvalue weighted by molar-refractivity contribution is -0.000960. The van der Waals surface area contributed by atoms with Crippen LogP contribution in [0.2, 0.25) is 0 Å². The Hall–Kier alpha value is -1.06. The van der Waals surface area contributed by atoms with Gasteiger partial charge in [0.15, 0.2) is 0 Å². The maximum atomic E-state index is 10.2. The van der Waals surface area contributed by atoms with E-state index in [0.29, 0.717) is 23.5 Å². The lowest BCUT2D eigenvalue weighted by Gasteiger charge is -2.56. The van der Waals surface area contributed by atoms with Crippen LogP contribution in [0.15, 0.2) is 35.6 Å². The third kappa shape index (κ3) is 1.70. The first-order valence-corrected chi connectivity index (χ1v) is 8.59. The van der Waals surface area contributed by atoms with E-state index in [4.69, 9.17) is 5.73 Å². The number of allylic oxidation sites excluding steroid dienone is 3. The van der Waals surface area contributed by atoms with Crippen molar-refractivity contribution in [2.75, 3.05) is 0 Å². The molecule has 0 radical (unpaired) electrons. The molecule has 7 atom stereocenters. The van der Waals surface area contributed by atoms with Gasteiger partial charge in [-0.3, -0.25) is 0 Å². The third-order valence-electron chi connectivity index (χ3n) is 7.31. The lowest BCUT2D eigenvalue weighted by Crippen LogP contribution is -2.52. The van der Waals surface area contributed by atoms with Crippen LogP contribution in [0.1, 0.15) is 39.5 Å². The van der Waals surface area contributed by atoms with Crippen molar-refractivity contribution in [2.24, 2.45) is 34.3 Å². The maximum Gasteiger partial charge on any atom is 0.106 e. The van der Waals surface area contributed by atoms with Crippen molar-refractivity contribution in [3.05, 3.63) is 35.6 Å². The second-order valence-electron chi connectivity index (χ2n) is 8.29. The van der Waals surface area contributed by atoms with Crippen molar-refractivity contribution in [3.63, 3.8) is 0 Å². The molecule has 120 valence electrons. The molecule has 22 heavy (non-hydrogen) atoms. The lowest BCUT2D eigenvalue weighted by atomic mass is 9.49. The van der Waals surface area contributed by atoms with Gasteiger partial charge in [0.25, 0.3) is 0 Å². The van der Waals surface area contributed by atoms with Gasteiger partial charge in [-0.25, -0.2) is 0 Å². The maximum absolute atomic E-state index is 10.2. The van der Waals surface area contributed by atoms with Crippen molar-refractivity contribution < 1.29 is 10.2 Å². The average Bonchev–Trinajstić information content (AvgIpc) is 2.72. The zero-order valence-corrected chi connectivity index (χ0v) is 13.5. The molecule has 4 aliphatic rings. The molecule has 0 amide bonds. The fourth-order valence-corrected chi connectivity index (χ4v) is 5.82. The van der Waals surface area contributed by atoms with Gasteiger partial charge in [-0.1, -0.05) is 37.6 Å². The Balaban J connectivity index is 1.74. The van der Waals surface area contributed by atoms with Gasteiger partial charge in [-0.2, -0.15) is 0 Å². The number of hydrogen-bond donors (Lipinski definition) is 3. The van der Waals surface area contributed by atoms with Crippen molar-refractivity contribution >= 4 is 0 Å². The highest BCUT2D eigenvalue weighted by atomic mass is 16.3. The average molecular weight is 301 g/mol. The quantitative estimate of drug-likeness (QED) is 0.602. The minimum atomic E-state index is -0.325. The Bertz CT molecular complexity index is 592. The monoisotopic (exact) mass is 301 g/mol. The predicted molar refractivity (Wildman–Crippen MR) is 87.1 cm³/mol. The van der Waals surface area contributed by atoms with E-state index in [2.05, 4.69) is 26.0 Å². The van der Waals surface area contributed by atoms with Gasteiger partial charge in [-0.15, -0.1) is 0 Å². The molecule has 3 nitrogen and oxygen atoms in total. The Morgan fingerprint density at radius 3 is 2.86 bits per heavy atom. The zero-order chi connectivity index (χ0) is 15.7. The smallest absolute Gasteiger partial charge is 0.106 e. The van der Waals surface area contributed by atoms with Gasteiger partial charge in [-0.05, 0) is 54.9 Å². The van der Waals surface area contributed by atoms with Gasteiger partial charge < -0.3 is 15.9 Å². The number of aliphatic hydroxyl groups excluding tert-OH is 2. The normalized spacial score (nSPS) is 53.2. The van der Waals surface area contributed by atoms with Gasteiger partial charge in [0.05, 0.1) is 12.1 Å². The number of rotatable bonds is 0. The van der Waals surface area contributed by atoms with Crippen LogP contribution < -0.4 is 5.73 Å². The fourth-order valence-electron chi connectivity index (χ4n) is 5.82. The number of fused-ring (bicyclic) bond motifs is 5. The fraction of sp³-hybridized carbons (Fsp3) is 0.684. The van der Waals surface area contributed by atoms with E-state index in [1.54, 1.807) is 0 Å². The molecule has 1 fully saturated rings.